The van der Waals surface area contributed by atoms with Gasteiger partial charge in [0.1, 0.15) is 0 Å². The fourth-order valence-corrected chi connectivity index (χ4v) is 2.52. The van der Waals surface area contributed by atoms with Crippen molar-refractivity contribution < 1.29 is 9.53 Å². The predicted octanol–water partition coefficient (Wildman–Crippen LogP) is 0.785. The van der Waals surface area contributed by atoms with E-state index in [1.54, 1.807) is 11.3 Å². The Hall–Kier alpha value is -0.910. The minimum absolute atomic E-state index is 0.0266. The number of carbonyl (C=O) groups excluding carboxylic acids is 1. The van der Waals surface area contributed by atoms with Gasteiger partial charge in [0.15, 0.2) is 5.60 Å². The molecule has 1 amide bonds. The molecular formula is C12H18N2O2S. The molecule has 0 spiro atoms. The fourth-order valence-electron chi connectivity index (χ4n) is 1.81. The minimum atomic E-state index is -0.715. The summed E-state index contributed by atoms with van der Waals surface area (Å²) in [4.78, 5) is 13.3. The Balaban J connectivity index is 1.76. The molecule has 1 aliphatic rings. The second kappa shape index (κ2) is 5.62. The first-order chi connectivity index (χ1) is 8.21. The van der Waals surface area contributed by atoms with Crippen molar-refractivity contribution in [1.82, 2.24) is 10.6 Å². The summed E-state index contributed by atoms with van der Waals surface area (Å²) >= 11 is 1.71. The molecule has 0 aliphatic carbocycles. The first-order valence-corrected chi connectivity index (χ1v) is 6.74. The van der Waals surface area contributed by atoms with Crippen LogP contribution < -0.4 is 10.6 Å². The zero-order valence-corrected chi connectivity index (χ0v) is 10.8. The van der Waals surface area contributed by atoms with Crippen molar-refractivity contribution in [3.8, 4) is 0 Å². The largest absolute Gasteiger partial charge is 0.363 e. The van der Waals surface area contributed by atoms with Crippen molar-refractivity contribution in [1.29, 1.82) is 0 Å². The van der Waals surface area contributed by atoms with Crippen LogP contribution in [0.3, 0.4) is 0 Å². The summed E-state index contributed by atoms with van der Waals surface area (Å²) in [6.07, 6.45) is 0.882. The summed E-state index contributed by atoms with van der Waals surface area (Å²) in [6.45, 7) is 4.49. The molecule has 1 aromatic heterocycles. The third-order valence-corrected chi connectivity index (χ3v) is 3.82. The average Bonchev–Trinajstić information content (AvgIpc) is 2.83. The van der Waals surface area contributed by atoms with E-state index in [0.717, 1.165) is 13.0 Å². The molecule has 1 aliphatic heterocycles. The Morgan fingerprint density at radius 1 is 1.71 bits per heavy atom. The van der Waals surface area contributed by atoms with Gasteiger partial charge in [-0.2, -0.15) is 0 Å². The van der Waals surface area contributed by atoms with Gasteiger partial charge in [0, 0.05) is 24.5 Å². The molecule has 94 valence electrons. The molecule has 0 radical (unpaired) electrons. The predicted molar refractivity (Wildman–Crippen MR) is 68.3 cm³/mol. The Kier molecular flexibility index (Phi) is 4.15. The van der Waals surface area contributed by atoms with Crippen molar-refractivity contribution in [3.05, 3.63) is 22.4 Å². The SMILES string of the molecule is CC1(C(=O)NCCc2cccs2)CNCCO1. The number of rotatable bonds is 4. The number of amides is 1. The molecule has 2 N–H and O–H groups in total. The third kappa shape index (κ3) is 3.28. The van der Waals surface area contributed by atoms with Crippen molar-refractivity contribution >= 4 is 17.2 Å². The van der Waals surface area contributed by atoms with Crippen molar-refractivity contribution in [2.45, 2.75) is 18.9 Å². The van der Waals surface area contributed by atoms with Crippen LogP contribution in [-0.4, -0.2) is 37.7 Å². The molecule has 1 unspecified atom stereocenters. The fraction of sp³-hybridized carbons (Fsp3) is 0.583. The average molecular weight is 254 g/mol. The zero-order valence-electron chi connectivity index (χ0n) is 9.99. The van der Waals surface area contributed by atoms with Gasteiger partial charge in [-0.15, -0.1) is 11.3 Å². The lowest BCUT2D eigenvalue weighted by Crippen LogP contribution is -2.57. The monoisotopic (exact) mass is 254 g/mol. The molecule has 1 aromatic rings. The molecular weight excluding hydrogens is 236 g/mol. The van der Waals surface area contributed by atoms with Gasteiger partial charge < -0.3 is 15.4 Å². The standard InChI is InChI=1S/C12H18N2O2S/c1-12(9-13-6-7-16-12)11(15)14-5-4-10-3-2-8-17-10/h2-3,8,13H,4-7,9H2,1H3,(H,14,15). The molecule has 17 heavy (non-hydrogen) atoms. The maximum atomic E-state index is 12.0. The van der Waals surface area contributed by atoms with Crippen LogP contribution in [0.25, 0.3) is 0 Å². The van der Waals surface area contributed by atoms with Crippen molar-refractivity contribution in [2.75, 3.05) is 26.2 Å². The van der Waals surface area contributed by atoms with Gasteiger partial charge >= 0.3 is 0 Å². The van der Waals surface area contributed by atoms with Crippen molar-refractivity contribution in [3.63, 3.8) is 0 Å². The van der Waals surface area contributed by atoms with Crippen LogP contribution in [0.5, 0.6) is 0 Å². The first-order valence-electron chi connectivity index (χ1n) is 5.86. The number of thiophene rings is 1. The highest BCUT2D eigenvalue weighted by Gasteiger charge is 2.35. The number of ether oxygens (including phenoxy) is 1. The molecule has 4 nitrogen and oxygen atoms in total. The summed E-state index contributed by atoms with van der Waals surface area (Å²) in [5.41, 5.74) is -0.715. The van der Waals surface area contributed by atoms with Gasteiger partial charge in [-0.05, 0) is 24.8 Å². The van der Waals surface area contributed by atoms with Crippen LogP contribution in [0.4, 0.5) is 0 Å². The lowest BCUT2D eigenvalue weighted by atomic mass is 10.0. The molecule has 1 saturated heterocycles. The minimum Gasteiger partial charge on any atom is -0.363 e. The van der Waals surface area contributed by atoms with E-state index >= 15 is 0 Å². The molecule has 0 saturated carbocycles. The highest BCUT2D eigenvalue weighted by Crippen LogP contribution is 2.13. The first kappa shape index (κ1) is 12.5. The van der Waals surface area contributed by atoms with E-state index in [4.69, 9.17) is 4.74 Å². The highest BCUT2D eigenvalue weighted by molar-refractivity contribution is 7.09. The Labute approximate surface area is 105 Å². The molecule has 1 fully saturated rings. The number of nitrogens with one attached hydrogen (secondary N) is 2. The van der Waals surface area contributed by atoms with Gasteiger partial charge in [-0.3, -0.25) is 4.79 Å². The molecule has 1 atom stereocenters. The highest BCUT2D eigenvalue weighted by atomic mass is 32.1. The maximum absolute atomic E-state index is 12.0. The van der Waals surface area contributed by atoms with Gasteiger partial charge in [0.05, 0.1) is 6.61 Å². The third-order valence-electron chi connectivity index (χ3n) is 2.88. The van der Waals surface area contributed by atoms with E-state index < -0.39 is 5.60 Å². The molecule has 0 bridgehead atoms. The van der Waals surface area contributed by atoms with Crippen LogP contribution in [-0.2, 0) is 16.0 Å². The van der Waals surface area contributed by atoms with E-state index in [1.807, 2.05) is 18.4 Å². The van der Waals surface area contributed by atoms with Crippen LogP contribution in [0.2, 0.25) is 0 Å². The number of hydrogen-bond donors (Lipinski definition) is 2. The Morgan fingerprint density at radius 2 is 2.59 bits per heavy atom. The van der Waals surface area contributed by atoms with Crippen LogP contribution >= 0.6 is 11.3 Å². The van der Waals surface area contributed by atoms with E-state index in [1.165, 1.54) is 4.88 Å². The summed E-state index contributed by atoms with van der Waals surface area (Å²) in [6, 6.07) is 4.11. The topological polar surface area (TPSA) is 50.4 Å². The summed E-state index contributed by atoms with van der Waals surface area (Å²) in [5.74, 6) is -0.0266. The molecule has 2 heterocycles. The van der Waals surface area contributed by atoms with E-state index in [0.29, 0.717) is 19.7 Å². The Morgan fingerprint density at radius 3 is 3.24 bits per heavy atom. The summed E-state index contributed by atoms with van der Waals surface area (Å²) in [7, 11) is 0. The second-order valence-electron chi connectivity index (χ2n) is 4.34. The summed E-state index contributed by atoms with van der Waals surface area (Å²) in [5, 5.41) is 8.16. The van der Waals surface area contributed by atoms with Crippen LogP contribution in [0.1, 0.15) is 11.8 Å². The van der Waals surface area contributed by atoms with Gasteiger partial charge in [0.25, 0.3) is 5.91 Å². The zero-order chi connectivity index (χ0) is 12.1. The van der Waals surface area contributed by atoms with E-state index in [-0.39, 0.29) is 5.91 Å². The lowest BCUT2D eigenvalue weighted by molar-refractivity contribution is -0.147. The van der Waals surface area contributed by atoms with Crippen LogP contribution in [0, 0.1) is 0 Å². The lowest BCUT2D eigenvalue weighted by Gasteiger charge is -2.32. The number of hydrogen-bond acceptors (Lipinski definition) is 4. The maximum Gasteiger partial charge on any atom is 0.253 e. The number of morpholine rings is 1. The smallest absolute Gasteiger partial charge is 0.253 e. The van der Waals surface area contributed by atoms with Gasteiger partial charge in [0.2, 0.25) is 0 Å². The normalized spacial score (nSPS) is 24.5. The van der Waals surface area contributed by atoms with E-state index in [9.17, 15) is 4.79 Å². The van der Waals surface area contributed by atoms with Gasteiger partial charge in [-0.1, -0.05) is 6.07 Å². The molecule has 5 heteroatoms. The molecule has 0 aromatic carbocycles. The summed E-state index contributed by atoms with van der Waals surface area (Å²) < 4.78 is 5.54. The van der Waals surface area contributed by atoms with E-state index in [2.05, 4.69) is 16.7 Å². The molecule has 2 rings (SSSR count). The Bertz CT molecular complexity index is 359. The quantitative estimate of drug-likeness (QED) is 0.835. The van der Waals surface area contributed by atoms with Crippen LogP contribution in [0.15, 0.2) is 17.5 Å². The number of carbonyl (C=O) groups is 1. The van der Waals surface area contributed by atoms with Gasteiger partial charge in [-0.25, -0.2) is 0 Å². The van der Waals surface area contributed by atoms with Crippen molar-refractivity contribution in [2.24, 2.45) is 0 Å². The second-order valence-corrected chi connectivity index (χ2v) is 5.37.